The molecule has 0 unspecified atom stereocenters. The van der Waals surface area contributed by atoms with Crippen LogP contribution in [0.25, 0.3) is 11.5 Å². The summed E-state index contributed by atoms with van der Waals surface area (Å²) in [5.41, 5.74) is 7.87. The number of nitrogen functional groups attached to an aromatic ring is 1. The van der Waals surface area contributed by atoms with Crippen LogP contribution >= 0.6 is 11.6 Å². The molecule has 0 saturated carbocycles. The van der Waals surface area contributed by atoms with Gasteiger partial charge in [0.15, 0.2) is 5.82 Å². The van der Waals surface area contributed by atoms with Crippen LogP contribution in [0.3, 0.4) is 0 Å². The van der Waals surface area contributed by atoms with E-state index in [4.69, 9.17) is 21.9 Å². The minimum atomic E-state index is 0.395. The van der Waals surface area contributed by atoms with Crippen LogP contribution < -0.4 is 5.73 Å². The van der Waals surface area contributed by atoms with Gasteiger partial charge in [0, 0.05) is 23.8 Å². The zero-order chi connectivity index (χ0) is 13.9. The molecule has 2 N–H and O–H groups in total. The largest absolute Gasteiger partial charge is 0.397 e. The van der Waals surface area contributed by atoms with Gasteiger partial charge in [-0.2, -0.15) is 4.98 Å². The Morgan fingerprint density at radius 3 is 2.85 bits per heavy atom. The van der Waals surface area contributed by atoms with E-state index in [-0.39, 0.29) is 0 Å². The molecule has 20 heavy (non-hydrogen) atoms. The Balaban J connectivity index is 1.86. The van der Waals surface area contributed by atoms with Crippen LogP contribution in [0.1, 0.15) is 11.4 Å². The normalized spacial score (nSPS) is 10.7. The van der Waals surface area contributed by atoms with Gasteiger partial charge in [-0.1, -0.05) is 35.0 Å². The Labute approximate surface area is 120 Å². The molecule has 0 aliphatic carbocycles. The number of anilines is 1. The van der Waals surface area contributed by atoms with Crippen molar-refractivity contribution in [3.8, 4) is 11.5 Å². The number of rotatable bonds is 3. The first kappa shape index (κ1) is 12.6. The Hall–Kier alpha value is -2.40. The molecule has 5 nitrogen and oxygen atoms in total. The molecule has 2 heterocycles. The molecule has 0 saturated heterocycles. The van der Waals surface area contributed by atoms with Crippen LogP contribution in [0.5, 0.6) is 0 Å². The predicted octanol–water partition coefficient (Wildman–Crippen LogP) is 2.96. The molecule has 3 aromatic rings. The van der Waals surface area contributed by atoms with Crippen molar-refractivity contribution in [1.82, 2.24) is 15.1 Å². The Morgan fingerprint density at radius 1 is 1.20 bits per heavy atom. The van der Waals surface area contributed by atoms with Crippen LogP contribution in [-0.4, -0.2) is 15.1 Å². The lowest BCUT2D eigenvalue weighted by Gasteiger charge is -1.99. The Kier molecular flexibility index (Phi) is 3.35. The van der Waals surface area contributed by atoms with E-state index in [1.165, 1.54) is 0 Å². The number of halogens is 1. The first-order valence-corrected chi connectivity index (χ1v) is 6.37. The summed E-state index contributed by atoms with van der Waals surface area (Å²) in [6, 6.07) is 9.30. The number of nitrogens with two attached hydrogens (primary N) is 1. The van der Waals surface area contributed by atoms with Gasteiger partial charge >= 0.3 is 0 Å². The van der Waals surface area contributed by atoms with E-state index >= 15 is 0 Å². The van der Waals surface area contributed by atoms with Crippen LogP contribution in [0.15, 0.2) is 47.2 Å². The average Bonchev–Trinajstić information content (AvgIpc) is 2.90. The lowest BCUT2D eigenvalue weighted by molar-refractivity contribution is 0.424. The van der Waals surface area contributed by atoms with Crippen molar-refractivity contribution in [2.75, 3.05) is 5.73 Å². The zero-order valence-corrected chi connectivity index (χ0v) is 11.2. The van der Waals surface area contributed by atoms with Gasteiger partial charge in [-0.05, 0) is 17.7 Å². The molecule has 0 fully saturated rings. The highest BCUT2D eigenvalue weighted by atomic mass is 35.5. The molecule has 0 amide bonds. The molecule has 6 heteroatoms. The Bertz CT molecular complexity index is 741. The van der Waals surface area contributed by atoms with Crippen molar-refractivity contribution in [3.05, 3.63) is 59.1 Å². The number of aromatic nitrogens is 3. The summed E-state index contributed by atoms with van der Waals surface area (Å²) in [5.74, 6) is 0.961. The van der Waals surface area contributed by atoms with Crippen molar-refractivity contribution in [1.29, 1.82) is 0 Å². The minimum absolute atomic E-state index is 0.395. The third-order valence-corrected chi connectivity index (χ3v) is 3.15. The van der Waals surface area contributed by atoms with E-state index in [9.17, 15) is 0 Å². The van der Waals surface area contributed by atoms with Gasteiger partial charge < -0.3 is 10.3 Å². The van der Waals surface area contributed by atoms with E-state index in [0.717, 1.165) is 5.56 Å². The molecule has 0 atom stereocenters. The van der Waals surface area contributed by atoms with E-state index in [0.29, 0.717) is 34.4 Å². The van der Waals surface area contributed by atoms with Crippen molar-refractivity contribution in [2.45, 2.75) is 6.42 Å². The number of benzene rings is 1. The smallest absolute Gasteiger partial charge is 0.259 e. The van der Waals surface area contributed by atoms with Crippen molar-refractivity contribution < 1.29 is 4.52 Å². The summed E-state index contributed by atoms with van der Waals surface area (Å²) in [5, 5.41) is 4.63. The lowest BCUT2D eigenvalue weighted by Crippen LogP contribution is -1.92. The third-order valence-electron chi connectivity index (χ3n) is 2.78. The van der Waals surface area contributed by atoms with Gasteiger partial charge in [-0.25, -0.2) is 0 Å². The predicted molar refractivity (Wildman–Crippen MR) is 76.2 cm³/mol. The number of nitrogens with zero attached hydrogens (tertiary/aromatic N) is 3. The maximum absolute atomic E-state index is 6.11. The highest BCUT2D eigenvalue weighted by Gasteiger charge is 2.11. The molecule has 100 valence electrons. The first-order chi connectivity index (χ1) is 9.72. The summed E-state index contributed by atoms with van der Waals surface area (Å²) in [6.07, 6.45) is 3.70. The monoisotopic (exact) mass is 286 g/mol. The molecule has 0 radical (unpaired) electrons. The summed E-state index contributed by atoms with van der Waals surface area (Å²) in [4.78, 5) is 8.32. The standard InChI is InChI=1S/C14H11ClN4O/c15-12-4-2-1-3-9(12)6-13-18-14(20-19-13)10-5-11(16)8-17-7-10/h1-5,7-8H,6,16H2. The average molecular weight is 287 g/mol. The molecule has 0 aliphatic heterocycles. The second-order valence-electron chi connectivity index (χ2n) is 4.29. The highest BCUT2D eigenvalue weighted by molar-refractivity contribution is 6.31. The molecule has 0 spiro atoms. The number of pyridine rings is 1. The number of hydrogen-bond acceptors (Lipinski definition) is 5. The van der Waals surface area contributed by atoms with E-state index in [2.05, 4.69) is 15.1 Å². The summed E-state index contributed by atoms with van der Waals surface area (Å²) in [7, 11) is 0. The summed E-state index contributed by atoms with van der Waals surface area (Å²) in [6.45, 7) is 0. The molecule has 0 aliphatic rings. The number of hydrogen-bond donors (Lipinski definition) is 1. The molecular formula is C14H11ClN4O. The fraction of sp³-hybridized carbons (Fsp3) is 0.0714. The summed E-state index contributed by atoms with van der Waals surface area (Å²) < 4.78 is 5.22. The van der Waals surface area contributed by atoms with Crippen LogP contribution in [0, 0.1) is 0 Å². The van der Waals surface area contributed by atoms with E-state index in [1.807, 2.05) is 24.3 Å². The maximum atomic E-state index is 6.11. The fourth-order valence-electron chi connectivity index (χ4n) is 1.83. The fourth-order valence-corrected chi connectivity index (χ4v) is 2.03. The van der Waals surface area contributed by atoms with Crippen LogP contribution in [-0.2, 0) is 6.42 Å². The van der Waals surface area contributed by atoms with E-state index < -0.39 is 0 Å². The maximum Gasteiger partial charge on any atom is 0.259 e. The van der Waals surface area contributed by atoms with Gasteiger partial charge in [0.05, 0.1) is 11.3 Å². The molecule has 3 rings (SSSR count). The first-order valence-electron chi connectivity index (χ1n) is 5.99. The molecule has 2 aromatic heterocycles. The van der Waals surface area contributed by atoms with Gasteiger partial charge in [0.1, 0.15) is 0 Å². The van der Waals surface area contributed by atoms with Crippen LogP contribution in [0.4, 0.5) is 5.69 Å². The van der Waals surface area contributed by atoms with E-state index in [1.54, 1.807) is 18.5 Å². The quantitative estimate of drug-likeness (QED) is 0.801. The summed E-state index contributed by atoms with van der Waals surface area (Å²) >= 11 is 6.11. The van der Waals surface area contributed by atoms with Crippen molar-refractivity contribution >= 4 is 17.3 Å². The van der Waals surface area contributed by atoms with Gasteiger partial charge in [-0.3, -0.25) is 4.98 Å². The zero-order valence-electron chi connectivity index (χ0n) is 10.5. The molecular weight excluding hydrogens is 276 g/mol. The third kappa shape index (κ3) is 2.62. The second kappa shape index (κ2) is 5.30. The van der Waals surface area contributed by atoms with Gasteiger partial charge in [0.25, 0.3) is 5.89 Å². The second-order valence-corrected chi connectivity index (χ2v) is 4.70. The lowest BCUT2D eigenvalue weighted by atomic mass is 10.1. The minimum Gasteiger partial charge on any atom is -0.397 e. The van der Waals surface area contributed by atoms with Crippen LogP contribution in [0.2, 0.25) is 5.02 Å². The van der Waals surface area contributed by atoms with Gasteiger partial charge in [0.2, 0.25) is 0 Å². The SMILES string of the molecule is Nc1cncc(-c2nc(Cc3ccccc3Cl)no2)c1. The highest BCUT2D eigenvalue weighted by Crippen LogP contribution is 2.21. The molecule has 0 bridgehead atoms. The van der Waals surface area contributed by atoms with Gasteiger partial charge in [-0.15, -0.1) is 0 Å². The topological polar surface area (TPSA) is 77.8 Å². The van der Waals surface area contributed by atoms with Crippen molar-refractivity contribution in [2.24, 2.45) is 0 Å². The van der Waals surface area contributed by atoms with Crippen molar-refractivity contribution in [3.63, 3.8) is 0 Å². The molecule has 1 aromatic carbocycles. The Morgan fingerprint density at radius 2 is 2.05 bits per heavy atom.